The fourth-order valence-corrected chi connectivity index (χ4v) is 4.85. The molecule has 18 heavy (non-hydrogen) atoms. The Morgan fingerprint density at radius 2 is 1.72 bits per heavy atom. The van der Waals surface area contributed by atoms with Crippen LogP contribution in [0.3, 0.4) is 0 Å². The van der Waals surface area contributed by atoms with Gasteiger partial charge in [0.1, 0.15) is 0 Å². The zero-order valence-electron chi connectivity index (χ0n) is 10.9. The molecule has 4 saturated carbocycles. The van der Waals surface area contributed by atoms with E-state index >= 15 is 0 Å². The van der Waals surface area contributed by atoms with Crippen LogP contribution in [0.1, 0.15) is 44.9 Å². The highest BCUT2D eigenvalue weighted by Crippen LogP contribution is 2.56. The third kappa shape index (κ3) is 2.13. The van der Waals surface area contributed by atoms with Crippen LogP contribution in [0.2, 0.25) is 0 Å². The molecule has 0 aromatic heterocycles. The molecule has 0 aliphatic heterocycles. The third-order valence-electron chi connectivity index (χ3n) is 5.29. The van der Waals surface area contributed by atoms with E-state index in [4.69, 9.17) is 5.26 Å². The fourth-order valence-electron chi connectivity index (χ4n) is 4.85. The van der Waals surface area contributed by atoms with Crippen molar-refractivity contribution in [1.29, 1.82) is 5.26 Å². The zero-order valence-corrected chi connectivity index (χ0v) is 10.9. The van der Waals surface area contributed by atoms with Gasteiger partial charge in [-0.1, -0.05) is 0 Å². The van der Waals surface area contributed by atoms with Gasteiger partial charge in [-0.3, -0.25) is 4.79 Å². The lowest BCUT2D eigenvalue weighted by Crippen LogP contribution is -2.51. The molecule has 4 aliphatic carbocycles. The number of rotatable bonds is 4. The Balaban J connectivity index is 1.56. The van der Waals surface area contributed by atoms with Crippen LogP contribution in [0, 0.1) is 40.9 Å². The van der Waals surface area contributed by atoms with Gasteiger partial charge in [0.05, 0.1) is 6.07 Å². The smallest absolute Gasteiger partial charge is 0.223 e. The van der Waals surface area contributed by atoms with Crippen molar-refractivity contribution in [1.82, 2.24) is 5.32 Å². The molecular weight excluding hydrogens is 224 g/mol. The summed E-state index contributed by atoms with van der Waals surface area (Å²) in [4.78, 5) is 12.3. The second-order valence-corrected chi connectivity index (χ2v) is 6.51. The number of nitrogens with zero attached hydrogens (tertiary/aromatic N) is 1. The van der Waals surface area contributed by atoms with E-state index in [1.54, 1.807) is 0 Å². The van der Waals surface area contributed by atoms with Crippen molar-refractivity contribution < 1.29 is 4.79 Å². The first-order valence-corrected chi connectivity index (χ1v) is 7.42. The average Bonchev–Trinajstić information content (AvgIpc) is 2.33. The number of nitriles is 1. The third-order valence-corrected chi connectivity index (χ3v) is 5.29. The number of carbonyl (C=O) groups excluding carboxylic acids is 1. The van der Waals surface area contributed by atoms with Gasteiger partial charge in [0.15, 0.2) is 0 Å². The first-order chi connectivity index (χ1) is 8.78. The highest BCUT2D eigenvalue weighted by molar-refractivity contribution is 5.79. The lowest BCUT2D eigenvalue weighted by Gasteiger charge is -2.53. The minimum absolute atomic E-state index is 0.279. The molecule has 0 saturated heterocycles. The summed E-state index contributed by atoms with van der Waals surface area (Å²) in [5, 5.41) is 11.5. The van der Waals surface area contributed by atoms with Gasteiger partial charge in [-0.25, -0.2) is 0 Å². The Morgan fingerprint density at radius 3 is 2.28 bits per heavy atom. The van der Waals surface area contributed by atoms with E-state index < -0.39 is 0 Å². The molecule has 3 nitrogen and oxygen atoms in total. The SMILES string of the molecule is N#CCCCNC(=O)C1C2CC3CC(C2)CC1C3. The molecule has 0 radical (unpaired) electrons. The maximum absolute atomic E-state index is 12.3. The van der Waals surface area contributed by atoms with E-state index in [-0.39, 0.29) is 5.91 Å². The number of amides is 1. The molecule has 0 spiro atoms. The van der Waals surface area contributed by atoms with Crippen molar-refractivity contribution in [2.24, 2.45) is 29.6 Å². The van der Waals surface area contributed by atoms with Gasteiger partial charge in [-0.15, -0.1) is 0 Å². The molecule has 0 unspecified atom stereocenters. The van der Waals surface area contributed by atoms with E-state index in [0.717, 1.165) is 18.3 Å². The Labute approximate surface area is 109 Å². The molecule has 3 heteroatoms. The Bertz CT molecular complexity index is 343. The topological polar surface area (TPSA) is 52.9 Å². The minimum atomic E-state index is 0.279. The molecule has 4 rings (SSSR count). The molecule has 0 aromatic rings. The van der Waals surface area contributed by atoms with Crippen LogP contribution in [0.25, 0.3) is 0 Å². The van der Waals surface area contributed by atoms with E-state index in [2.05, 4.69) is 11.4 Å². The van der Waals surface area contributed by atoms with Crippen LogP contribution >= 0.6 is 0 Å². The monoisotopic (exact) mass is 246 g/mol. The molecule has 1 N–H and O–H groups in total. The molecule has 0 aromatic carbocycles. The molecule has 4 bridgehead atoms. The normalized spacial score (nSPS) is 40.5. The zero-order chi connectivity index (χ0) is 12.5. The first-order valence-electron chi connectivity index (χ1n) is 7.42. The summed E-state index contributed by atoms with van der Waals surface area (Å²) in [7, 11) is 0. The minimum Gasteiger partial charge on any atom is -0.356 e. The Hall–Kier alpha value is -1.04. The number of nitrogens with one attached hydrogen (secondary N) is 1. The van der Waals surface area contributed by atoms with E-state index in [1.807, 2.05) is 0 Å². The standard InChI is InChI=1S/C15H22N2O/c16-3-1-2-4-17-15(18)14-12-6-10-5-11(8-12)9-13(14)7-10/h10-14H,1-2,4-9H2,(H,17,18). The van der Waals surface area contributed by atoms with Crippen LogP contribution in [0.5, 0.6) is 0 Å². The van der Waals surface area contributed by atoms with Crippen LogP contribution in [0.4, 0.5) is 0 Å². The maximum atomic E-state index is 12.3. The second-order valence-electron chi connectivity index (χ2n) is 6.51. The summed E-state index contributed by atoms with van der Waals surface area (Å²) in [5.74, 6) is 3.75. The average molecular weight is 246 g/mol. The van der Waals surface area contributed by atoms with E-state index in [1.165, 1.54) is 32.1 Å². The molecule has 98 valence electrons. The maximum Gasteiger partial charge on any atom is 0.223 e. The summed E-state index contributed by atoms with van der Waals surface area (Å²) in [5.41, 5.74) is 0. The molecule has 0 heterocycles. The van der Waals surface area contributed by atoms with Crippen molar-refractivity contribution in [2.75, 3.05) is 6.54 Å². The Kier molecular flexibility index (Phi) is 3.28. The first kappa shape index (κ1) is 12.0. The predicted molar refractivity (Wildman–Crippen MR) is 68.4 cm³/mol. The molecule has 0 atom stereocenters. The Morgan fingerprint density at radius 1 is 1.11 bits per heavy atom. The summed E-state index contributed by atoms with van der Waals surface area (Å²) < 4.78 is 0. The van der Waals surface area contributed by atoms with Crippen LogP contribution in [-0.2, 0) is 4.79 Å². The van der Waals surface area contributed by atoms with Crippen LogP contribution in [0.15, 0.2) is 0 Å². The lowest BCUT2D eigenvalue weighted by atomic mass is 9.51. The highest BCUT2D eigenvalue weighted by atomic mass is 16.1. The summed E-state index contributed by atoms with van der Waals surface area (Å²) in [6.07, 6.45) is 7.94. The second kappa shape index (κ2) is 4.91. The van der Waals surface area contributed by atoms with Crippen molar-refractivity contribution in [3.05, 3.63) is 0 Å². The van der Waals surface area contributed by atoms with Crippen molar-refractivity contribution in [3.8, 4) is 6.07 Å². The largest absolute Gasteiger partial charge is 0.356 e. The molecule has 4 aliphatic rings. The van der Waals surface area contributed by atoms with Gasteiger partial charge in [0.2, 0.25) is 5.91 Å². The summed E-state index contributed by atoms with van der Waals surface area (Å²) in [6.45, 7) is 0.676. The van der Waals surface area contributed by atoms with Crippen molar-refractivity contribution in [3.63, 3.8) is 0 Å². The van der Waals surface area contributed by atoms with Gasteiger partial charge in [0.25, 0.3) is 0 Å². The highest BCUT2D eigenvalue weighted by Gasteiger charge is 2.50. The lowest BCUT2D eigenvalue weighted by molar-refractivity contribution is -0.138. The molecule has 1 amide bonds. The van der Waals surface area contributed by atoms with E-state index in [9.17, 15) is 4.79 Å². The van der Waals surface area contributed by atoms with Gasteiger partial charge < -0.3 is 5.32 Å². The molecule has 4 fully saturated rings. The quantitative estimate of drug-likeness (QED) is 0.775. The van der Waals surface area contributed by atoms with Gasteiger partial charge in [-0.2, -0.15) is 5.26 Å². The van der Waals surface area contributed by atoms with Gasteiger partial charge in [0, 0.05) is 18.9 Å². The fraction of sp³-hybridized carbons (Fsp3) is 0.867. The summed E-state index contributed by atoms with van der Waals surface area (Å²) >= 11 is 0. The summed E-state index contributed by atoms with van der Waals surface area (Å²) in [6, 6.07) is 2.12. The van der Waals surface area contributed by atoms with Crippen molar-refractivity contribution >= 4 is 5.91 Å². The van der Waals surface area contributed by atoms with Crippen LogP contribution in [-0.4, -0.2) is 12.5 Å². The number of carbonyl (C=O) groups is 1. The van der Waals surface area contributed by atoms with Crippen molar-refractivity contribution in [2.45, 2.75) is 44.9 Å². The van der Waals surface area contributed by atoms with E-state index in [0.29, 0.717) is 30.7 Å². The number of unbranched alkanes of at least 4 members (excludes halogenated alkanes) is 1. The predicted octanol–water partition coefficient (Wildman–Crippen LogP) is 2.48. The van der Waals surface area contributed by atoms with Crippen LogP contribution < -0.4 is 5.32 Å². The van der Waals surface area contributed by atoms with Gasteiger partial charge >= 0.3 is 0 Å². The molecular formula is C15H22N2O. The number of hydrogen-bond acceptors (Lipinski definition) is 2. The van der Waals surface area contributed by atoms with Gasteiger partial charge in [-0.05, 0) is 62.2 Å². The number of hydrogen-bond donors (Lipinski definition) is 1.